The molecule has 1 aliphatic heterocycles. The van der Waals surface area contributed by atoms with E-state index in [4.69, 9.17) is 5.11 Å². The number of aliphatic carboxylic acids is 1. The van der Waals surface area contributed by atoms with Crippen LogP contribution in [0.3, 0.4) is 0 Å². The van der Waals surface area contributed by atoms with Crippen LogP contribution in [0.15, 0.2) is 18.2 Å². The molecule has 1 saturated heterocycles. The van der Waals surface area contributed by atoms with Crippen molar-refractivity contribution >= 4 is 11.9 Å². The summed E-state index contributed by atoms with van der Waals surface area (Å²) in [4.78, 5) is 25.7. The van der Waals surface area contributed by atoms with E-state index in [1.807, 2.05) is 4.90 Å². The van der Waals surface area contributed by atoms with Crippen LogP contribution < -0.4 is 0 Å². The molecule has 4 heteroatoms. The maximum Gasteiger partial charge on any atom is 0.307 e. The van der Waals surface area contributed by atoms with Gasteiger partial charge in [0.1, 0.15) is 0 Å². The summed E-state index contributed by atoms with van der Waals surface area (Å²) >= 11 is 0. The predicted molar refractivity (Wildman–Crippen MR) is 90.8 cm³/mol. The first-order chi connectivity index (χ1) is 11.6. The second-order valence-electron chi connectivity index (χ2n) is 7.83. The molecule has 1 saturated carbocycles. The van der Waals surface area contributed by atoms with Crippen LogP contribution in [0.5, 0.6) is 0 Å². The van der Waals surface area contributed by atoms with Crippen molar-refractivity contribution in [1.82, 2.24) is 4.90 Å². The molecular formula is C20H25NO3. The quantitative estimate of drug-likeness (QED) is 0.929. The number of likely N-dealkylation sites (tertiary alicyclic amines) is 1. The van der Waals surface area contributed by atoms with Crippen molar-refractivity contribution in [2.75, 3.05) is 13.1 Å². The van der Waals surface area contributed by atoms with E-state index < -0.39 is 5.97 Å². The van der Waals surface area contributed by atoms with Gasteiger partial charge in [-0.05, 0) is 67.1 Å². The van der Waals surface area contributed by atoms with Gasteiger partial charge >= 0.3 is 5.97 Å². The zero-order valence-corrected chi connectivity index (χ0v) is 14.1. The molecule has 2 fully saturated rings. The number of piperidine rings is 1. The van der Waals surface area contributed by atoms with E-state index in [0.717, 1.165) is 31.2 Å². The lowest BCUT2D eigenvalue weighted by atomic mass is 9.89. The van der Waals surface area contributed by atoms with Gasteiger partial charge in [-0.1, -0.05) is 18.2 Å². The number of carboxylic acid groups (broad SMARTS) is 1. The first-order valence-corrected chi connectivity index (χ1v) is 9.19. The third kappa shape index (κ3) is 2.83. The summed E-state index contributed by atoms with van der Waals surface area (Å²) in [6, 6.07) is 6.53. The molecule has 1 atom stereocenters. The van der Waals surface area contributed by atoms with E-state index in [-0.39, 0.29) is 17.2 Å². The van der Waals surface area contributed by atoms with E-state index in [2.05, 4.69) is 18.2 Å². The summed E-state index contributed by atoms with van der Waals surface area (Å²) in [5.41, 5.74) is 3.99. The van der Waals surface area contributed by atoms with Gasteiger partial charge in [0.2, 0.25) is 5.91 Å². The number of rotatable bonds is 3. The SMILES string of the molecule is O=C(O)C1CC12CCN(C(=O)Cc1ccc3c(c1)CCCC3)CC2. The fraction of sp³-hybridized carbons (Fsp3) is 0.600. The minimum absolute atomic E-state index is 0.00552. The van der Waals surface area contributed by atoms with Gasteiger partial charge < -0.3 is 10.0 Å². The van der Waals surface area contributed by atoms with Gasteiger partial charge in [0.25, 0.3) is 0 Å². The van der Waals surface area contributed by atoms with Crippen molar-refractivity contribution in [2.45, 2.75) is 51.4 Å². The van der Waals surface area contributed by atoms with Crippen LogP contribution in [0.2, 0.25) is 0 Å². The van der Waals surface area contributed by atoms with E-state index in [9.17, 15) is 9.59 Å². The Labute approximate surface area is 142 Å². The number of hydrogen-bond donors (Lipinski definition) is 1. The van der Waals surface area contributed by atoms with Crippen LogP contribution in [-0.2, 0) is 28.9 Å². The summed E-state index contributed by atoms with van der Waals surface area (Å²) in [5, 5.41) is 9.16. The fourth-order valence-corrected chi connectivity index (χ4v) is 4.63. The van der Waals surface area contributed by atoms with Crippen LogP contribution in [0.1, 0.15) is 48.8 Å². The minimum Gasteiger partial charge on any atom is -0.481 e. The van der Waals surface area contributed by atoms with Crippen molar-refractivity contribution in [2.24, 2.45) is 11.3 Å². The first kappa shape index (κ1) is 15.7. The monoisotopic (exact) mass is 327 g/mol. The van der Waals surface area contributed by atoms with Crippen molar-refractivity contribution in [3.63, 3.8) is 0 Å². The minimum atomic E-state index is -0.663. The molecule has 1 aromatic carbocycles. The molecule has 24 heavy (non-hydrogen) atoms. The highest BCUT2D eigenvalue weighted by molar-refractivity contribution is 5.79. The molecule has 1 heterocycles. The average Bonchev–Trinajstić information content (AvgIpc) is 3.29. The lowest BCUT2D eigenvalue weighted by Crippen LogP contribution is -2.40. The van der Waals surface area contributed by atoms with Crippen molar-refractivity contribution in [3.8, 4) is 0 Å². The zero-order valence-electron chi connectivity index (χ0n) is 14.1. The molecule has 0 aromatic heterocycles. The van der Waals surface area contributed by atoms with Gasteiger partial charge in [-0.3, -0.25) is 9.59 Å². The van der Waals surface area contributed by atoms with Crippen LogP contribution in [0.4, 0.5) is 0 Å². The van der Waals surface area contributed by atoms with E-state index in [1.165, 1.54) is 30.4 Å². The lowest BCUT2D eigenvalue weighted by Gasteiger charge is -2.32. The molecule has 4 rings (SSSR count). The predicted octanol–water partition coefficient (Wildman–Crippen LogP) is 2.82. The molecule has 128 valence electrons. The van der Waals surface area contributed by atoms with Crippen molar-refractivity contribution in [3.05, 3.63) is 34.9 Å². The standard InChI is InChI=1S/C20H25NO3/c22-18(12-14-5-6-15-3-1-2-4-16(15)11-14)21-9-7-20(8-10-21)13-17(20)19(23)24/h5-6,11,17H,1-4,7-10,12-13H2,(H,23,24). The molecular weight excluding hydrogens is 302 g/mol. The summed E-state index contributed by atoms with van der Waals surface area (Å²) in [5.74, 6) is -0.646. The summed E-state index contributed by atoms with van der Waals surface area (Å²) in [6.07, 6.45) is 7.81. The lowest BCUT2D eigenvalue weighted by molar-refractivity contribution is -0.139. The fourth-order valence-electron chi connectivity index (χ4n) is 4.63. The van der Waals surface area contributed by atoms with Gasteiger partial charge in [0.05, 0.1) is 12.3 Å². The number of benzene rings is 1. The second kappa shape index (κ2) is 5.91. The number of amides is 1. The Morgan fingerprint density at radius 1 is 1.12 bits per heavy atom. The number of carbonyl (C=O) groups is 2. The number of hydrogen-bond acceptors (Lipinski definition) is 2. The first-order valence-electron chi connectivity index (χ1n) is 9.19. The largest absolute Gasteiger partial charge is 0.481 e. The zero-order chi connectivity index (χ0) is 16.7. The Balaban J connectivity index is 1.35. The molecule has 2 aliphatic carbocycles. The van der Waals surface area contributed by atoms with Gasteiger partial charge in [0.15, 0.2) is 0 Å². The highest BCUT2D eigenvalue weighted by atomic mass is 16.4. The molecule has 1 amide bonds. The Hall–Kier alpha value is -1.84. The van der Waals surface area contributed by atoms with E-state index in [0.29, 0.717) is 19.5 Å². The van der Waals surface area contributed by atoms with Crippen LogP contribution in [0, 0.1) is 11.3 Å². The molecule has 1 N–H and O–H groups in total. The Bertz CT molecular complexity index is 673. The van der Waals surface area contributed by atoms with Gasteiger partial charge in [-0.25, -0.2) is 0 Å². The smallest absolute Gasteiger partial charge is 0.307 e. The van der Waals surface area contributed by atoms with E-state index >= 15 is 0 Å². The third-order valence-electron chi connectivity index (χ3n) is 6.37. The van der Waals surface area contributed by atoms with Gasteiger partial charge in [0, 0.05) is 13.1 Å². The summed E-state index contributed by atoms with van der Waals surface area (Å²) in [6.45, 7) is 1.43. The number of aryl methyl sites for hydroxylation is 2. The summed E-state index contributed by atoms with van der Waals surface area (Å²) in [7, 11) is 0. The summed E-state index contributed by atoms with van der Waals surface area (Å²) < 4.78 is 0. The maximum atomic E-state index is 12.6. The Kier molecular flexibility index (Phi) is 3.86. The molecule has 1 aromatic rings. The molecule has 1 spiro atoms. The highest BCUT2D eigenvalue weighted by Gasteiger charge is 2.59. The normalized spacial score (nSPS) is 24.5. The maximum absolute atomic E-state index is 12.6. The topological polar surface area (TPSA) is 57.6 Å². The number of nitrogens with zero attached hydrogens (tertiary/aromatic N) is 1. The molecule has 4 nitrogen and oxygen atoms in total. The molecule has 3 aliphatic rings. The van der Waals surface area contributed by atoms with E-state index in [1.54, 1.807) is 0 Å². The van der Waals surface area contributed by atoms with Crippen molar-refractivity contribution < 1.29 is 14.7 Å². The Morgan fingerprint density at radius 2 is 1.83 bits per heavy atom. The molecule has 0 bridgehead atoms. The molecule has 1 unspecified atom stereocenters. The number of fused-ring (bicyclic) bond motifs is 1. The number of carboxylic acids is 1. The molecule has 0 radical (unpaired) electrons. The highest BCUT2D eigenvalue weighted by Crippen LogP contribution is 2.59. The second-order valence-corrected chi connectivity index (χ2v) is 7.83. The average molecular weight is 327 g/mol. The van der Waals surface area contributed by atoms with Crippen LogP contribution in [0.25, 0.3) is 0 Å². The third-order valence-corrected chi connectivity index (χ3v) is 6.37. The Morgan fingerprint density at radius 3 is 2.50 bits per heavy atom. The van der Waals surface area contributed by atoms with Crippen LogP contribution in [-0.4, -0.2) is 35.0 Å². The number of carbonyl (C=O) groups excluding carboxylic acids is 1. The van der Waals surface area contributed by atoms with Crippen LogP contribution >= 0.6 is 0 Å². The van der Waals surface area contributed by atoms with Gasteiger partial charge in [-0.15, -0.1) is 0 Å². The van der Waals surface area contributed by atoms with Gasteiger partial charge in [-0.2, -0.15) is 0 Å². The van der Waals surface area contributed by atoms with Crippen molar-refractivity contribution in [1.29, 1.82) is 0 Å².